The van der Waals surface area contributed by atoms with E-state index in [0.29, 0.717) is 11.3 Å². The van der Waals surface area contributed by atoms with Crippen LogP contribution >= 0.6 is 15.9 Å². The first-order valence-corrected chi connectivity index (χ1v) is 6.66. The molecule has 0 bridgehead atoms. The number of aliphatic carboxylic acids is 1. The van der Waals surface area contributed by atoms with Crippen molar-refractivity contribution in [3.05, 3.63) is 28.0 Å². The van der Waals surface area contributed by atoms with Crippen LogP contribution in [0.1, 0.15) is 19.4 Å². The summed E-state index contributed by atoms with van der Waals surface area (Å²) in [5.41, 5.74) is -0.0438. The van der Waals surface area contributed by atoms with Crippen LogP contribution in [-0.4, -0.2) is 23.7 Å². The van der Waals surface area contributed by atoms with E-state index in [1.54, 1.807) is 6.92 Å². The fraction of sp³-hybridized carbons (Fsp3) is 0.385. The molecule has 2 amide bonds. The van der Waals surface area contributed by atoms with Crippen molar-refractivity contribution in [2.45, 2.75) is 20.8 Å². The van der Waals surface area contributed by atoms with Crippen LogP contribution in [0.15, 0.2) is 16.6 Å². The molecule has 0 atom stereocenters. The van der Waals surface area contributed by atoms with Crippen LogP contribution in [0.5, 0.6) is 0 Å². The first kappa shape index (κ1) is 16.4. The van der Waals surface area contributed by atoms with Crippen LogP contribution in [0.2, 0.25) is 0 Å². The molecule has 3 N–H and O–H groups in total. The standard InChI is InChI=1S/C13H16BrFN2O3/c1-7-4-9(15)8(14)5-10(7)17-12(20)16-6-13(2,3)11(18)19/h4-5H,6H2,1-3H3,(H,18,19)(H2,16,17,20). The maximum absolute atomic E-state index is 13.2. The van der Waals surface area contributed by atoms with Crippen molar-refractivity contribution in [1.29, 1.82) is 0 Å². The topological polar surface area (TPSA) is 78.4 Å². The number of carbonyl (C=O) groups excluding carboxylic acids is 1. The van der Waals surface area contributed by atoms with Gasteiger partial charge in [-0.15, -0.1) is 0 Å². The van der Waals surface area contributed by atoms with Gasteiger partial charge in [0.15, 0.2) is 0 Å². The summed E-state index contributed by atoms with van der Waals surface area (Å²) >= 11 is 3.04. The molecule has 0 spiro atoms. The summed E-state index contributed by atoms with van der Waals surface area (Å²) < 4.78 is 13.5. The van der Waals surface area contributed by atoms with Crippen LogP contribution < -0.4 is 10.6 Å². The number of nitrogens with one attached hydrogen (secondary N) is 2. The van der Waals surface area contributed by atoms with Crippen molar-refractivity contribution in [3.63, 3.8) is 0 Å². The molecule has 5 nitrogen and oxygen atoms in total. The SMILES string of the molecule is Cc1cc(F)c(Br)cc1NC(=O)NCC(C)(C)C(=O)O. The average molecular weight is 347 g/mol. The summed E-state index contributed by atoms with van der Waals surface area (Å²) in [4.78, 5) is 22.6. The summed E-state index contributed by atoms with van der Waals surface area (Å²) in [5.74, 6) is -1.42. The van der Waals surface area contributed by atoms with E-state index < -0.39 is 23.2 Å². The van der Waals surface area contributed by atoms with E-state index in [1.165, 1.54) is 26.0 Å². The Labute approximate surface area is 124 Å². The minimum absolute atomic E-state index is 0.0183. The molecule has 0 aliphatic heterocycles. The van der Waals surface area contributed by atoms with E-state index in [1.807, 2.05) is 0 Å². The number of hydrogen-bond acceptors (Lipinski definition) is 2. The van der Waals surface area contributed by atoms with Gasteiger partial charge in [0.2, 0.25) is 0 Å². The minimum atomic E-state index is -1.06. The number of rotatable bonds is 4. The maximum Gasteiger partial charge on any atom is 0.319 e. The second-order valence-corrected chi connectivity index (χ2v) is 5.93. The molecule has 1 aromatic rings. The maximum atomic E-state index is 13.2. The number of benzene rings is 1. The zero-order valence-electron chi connectivity index (χ0n) is 11.4. The van der Waals surface area contributed by atoms with Gasteiger partial charge in [0.1, 0.15) is 5.82 Å². The summed E-state index contributed by atoms with van der Waals surface area (Å²) in [7, 11) is 0. The summed E-state index contributed by atoms with van der Waals surface area (Å²) in [6.45, 7) is 4.66. The van der Waals surface area contributed by atoms with Gasteiger partial charge in [-0.1, -0.05) is 0 Å². The summed E-state index contributed by atoms with van der Waals surface area (Å²) in [6.07, 6.45) is 0. The number of carboxylic acids is 1. The zero-order chi connectivity index (χ0) is 15.5. The number of carboxylic acid groups (broad SMARTS) is 1. The van der Waals surface area contributed by atoms with Gasteiger partial charge in [0.05, 0.1) is 9.89 Å². The Morgan fingerprint density at radius 2 is 2.00 bits per heavy atom. The fourth-order valence-electron chi connectivity index (χ4n) is 1.32. The molecular weight excluding hydrogens is 331 g/mol. The second kappa shape index (κ2) is 6.21. The second-order valence-electron chi connectivity index (χ2n) is 5.08. The number of aryl methyl sites for hydroxylation is 1. The number of halogens is 2. The first-order chi connectivity index (χ1) is 9.13. The fourth-order valence-corrected chi connectivity index (χ4v) is 1.67. The molecule has 1 rings (SSSR count). The highest BCUT2D eigenvalue weighted by Gasteiger charge is 2.27. The Hall–Kier alpha value is -1.63. The predicted octanol–water partition coefficient (Wildman–Crippen LogP) is 3.13. The number of anilines is 1. The molecule has 7 heteroatoms. The molecular formula is C13H16BrFN2O3. The zero-order valence-corrected chi connectivity index (χ0v) is 13.0. The summed E-state index contributed by atoms with van der Waals surface area (Å²) in [6, 6.07) is 2.20. The lowest BCUT2D eigenvalue weighted by atomic mass is 9.94. The Bertz CT molecular complexity index is 547. The molecule has 20 heavy (non-hydrogen) atoms. The van der Waals surface area contributed by atoms with Crippen molar-refractivity contribution in [3.8, 4) is 0 Å². The van der Waals surface area contributed by atoms with E-state index >= 15 is 0 Å². The largest absolute Gasteiger partial charge is 0.481 e. The Balaban J connectivity index is 2.68. The molecule has 0 radical (unpaired) electrons. The lowest BCUT2D eigenvalue weighted by molar-refractivity contribution is -0.146. The van der Waals surface area contributed by atoms with Crippen LogP contribution in [0.4, 0.5) is 14.9 Å². The van der Waals surface area contributed by atoms with E-state index in [0.717, 1.165) is 0 Å². The van der Waals surface area contributed by atoms with Crippen molar-refractivity contribution in [2.75, 3.05) is 11.9 Å². The molecule has 0 aliphatic carbocycles. The monoisotopic (exact) mass is 346 g/mol. The highest BCUT2D eigenvalue weighted by atomic mass is 79.9. The van der Waals surface area contributed by atoms with Gasteiger partial charge in [-0.05, 0) is 54.4 Å². The Kier molecular flexibility index (Phi) is 5.10. The summed E-state index contributed by atoms with van der Waals surface area (Å²) in [5, 5.41) is 14.0. The van der Waals surface area contributed by atoms with Gasteiger partial charge in [-0.25, -0.2) is 9.18 Å². The van der Waals surface area contributed by atoms with Crippen molar-refractivity contribution < 1.29 is 19.1 Å². The third-order valence-corrected chi connectivity index (χ3v) is 3.39. The minimum Gasteiger partial charge on any atom is -0.481 e. The number of urea groups is 1. The normalized spacial score (nSPS) is 11.1. The van der Waals surface area contributed by atoms with Gasteiger partial charge in [-0.3, -0.25) is 4.79 Å². The van der Waals surface area contributed by atoms with Crippen LogP contribution in [0.3, 0.4) is 0 Å². The molecule has 0 saturated carbocycles. The average Bonchev–Trinajstić information content (AvgIpc) is 2.33. The molecule has 0 saturated heterocycles. The molecule has 1 aromatic carbocycles. The number of amides is 2. The number of carbonyl (C=O) groups is 2. The Morgan fingerprint density at radius 1 is 1.40 bits per heavy atom. The molecule has 0 unspecified atom stereocenters. The Morgan fingerprint density at radius 3 is 2.55 bits per heavy atom. The lowest BCUT2D eigenvalue weighted by Crippen LogP contribution is -2.40. The van der Waals surface area contributed by atoms with Crippen molar-refractivity contribution >= 4 is 33.6 Å². The molecule has 0 aromatic heterocycles. The number of hydrogen-bond donors (Lipinski definition) is 3. The smallest absolute Gasteiger partial charge is 0.319 e. The third-order valence-electron chi connectivity index (χ3n) is 2.79. The van der Waals surface area contributed by atoms with Gasteiger partial charge in [0, 0.05) is 12.2 Å². The van der Waals surface area contributed by atoms with Gasteiger partial charge >= 0.3 is 12.0 Å². The van der Waals surface area contributed by atoms with Gasteiger partial charge in [-0.2, -0.15) is 0 Å². The van der Waals surface area contributed by atoms with Gasteiger partial charge < -0.3 is 15.7 Å². The lowest BCUT2D eigenvalue weighted by Gasteiger charge is -2.20. The third kappa shape index (κ3) is 4.19. The molecule has 0 fully saturated rings. The highest BCUT2D eigenvalue weighted by Crippen LogP contribution is 2.24. The highest BCUT2D eigenvalue weighted by molar-refractivity contribution is 9.10. The molecule has 0 aliphatic rings. The van der Waals surface area contributed by atoms with Crippen LogP contribution in [-0.2, 0) is 4.79 Å². The van der Waals surface area contributed by atoms with Crippen LogP contribution in [0, 0.1) is 18.2 Å². The predicted molar refractivity (Wildman–Crippen MR) is 77.3 cm³/mol. The van der Waals surface area contributed by atoms with Crippen molar-refractivity contribution in [1.82, 2.24) is 5.32 Å². The molecule has 110 valence electrons. The van der Waals surface area contributed by atoms with Gasteiger partial charge in [0.25, 0.3) is 0 Å². The van der Waals surface area contributed by atoms with E-state index in [9.17, 15) is 14.0 Å². The quantitative estimate of drug-likeness (QED) is 0.783. The van der Waals surface area contributed by atoms with E-state index in [4.69, 9.17) is 5.11 Å². The van der Waals surface area contributed by atoms with E-state index in [2.05, 4.69) is 26.6 Å². The van der Waals surface area contributed by atoms with Crippen LogP contribution in [0.25, 0.3) is 0 Å². The molecule has 0 heterocycles. The first-order valence-electron chi connectivity index (χ1n) is 5.87. The van der Waals surface area contributed by atoms with E-state index in [-0.39, 0.29) is 11.0 Å². The van der Waals surface area contributed by atoms with Crippen molar-refractivity contribution in [2.24, 2.45) is 5.41 Å².